The summed E-state index contributed by atoms with van der Waals surface area (Å²) in [5.74, 6) is -1.14. The van der Waals surface area contributed by atoms with Crippen molar-refractivity contribution in [3.8, 4) is 5.75 Å². The smallest absolute Gasteiger partial charge is 0.341 e. The first-order valence-corrected chi connectivity index (χ1v) is 21.5. The lowest BCUT2D eigenvalue weighted by Crippen LogP contribution is -2.38. The van der Waals surface area contributed by atoms with E-state index < -0.39 is 38.7 Å². The number of sulfonamides is 2. The van der Waals surface area contributed by atoms with Crippen LogP contribution in [0.3, 0.4) is 0 Å². The highest BCUT2D eigenvalue weighted by atomic mass is 32.2. The first-order chi connectivity index (χ1) is 26.1. The average Bonchev–Trinajstić information content (AvgIpc) is 3.16. The monoisotopic (exact) mass is 786 g/mol. The van der Waals surface area contributed by atoms with Gasteiger partial charge >= 0.3 is 5.97 Å². The minimum atomic E-state index is -3.95. The zero-order chi connectivity index (χ0) is 39.5. The van der Waals surface area contributed by atoms with Crippen molar-refractivity contribution in [3.05, 3.63) is 137 Å². The lowest BCUT2D eigenvalue weighted by atomic mass is 9.74. The number of hydrogen-bond donors (Lipinski definition) is 1. The summed E-state index contributed by atoms with van der Waals surface area (Å²) in [5.41, 5.74) is 5.16. The van der Waals surface area contributed by atoms with Crippen LogP contribution in [0.4, 0.5) is 0 Å². The fraction of sp³-hybridized carbons (Fsp3) is 0.372. The van der Waals surface area contributed by atoms with E-state index in [4.69, 9.17) is 9.47 Å². The maximum Gasteiger partial charge on any atom is 0.341 e. The Bertz CT molecular complexity index is 2220. The lowest BCUT2D eigenvalue weighted by Gasteiger charge is -2.44. The van der Waals surface area contributed by atoms with Crippen LogP contribution < -0.4 is 4.74 Å². The topological polar surface area (TPSA) is 131 Å². The zero-order valence-corrected chi connectivity index (χ0v) is 33.4. The van der Waals surface area contributed by atoms with Gasteiger partial charge in [0.05, 0.1) is 22.0 Å². The van der Waals surface area contributed by atoms with Gasteiger partial charge in [-0.3, -0.25) is 0 Å². The van der Waals surface area contributed by atoms with Crippen LogP contribution in [0.2, 0.25) is 0 Å². The van der Waals surface area contributed by atoms with Crippen LogP contribution in [0.25, 0.3) is 0 Å². The Balaban J connectivity index is 1.32. The summed E-state index contributed by atoms with van der Waals surface area (Å²) in [5, 5.41) is 9.51. The van der Waals surface area contributed by atoms with Gasteiger partial charge < -0.3 is 14.6 Å². The third kappa shape index (κ3) is 9.05. The number of carboxylic acid groups (broad SMARTS) is 1. The average molecular weight is 787 g/mol. The van der Waals surface area contributed by atoms with E-state index in [0.29, 0.717) is 31.4 Å². The number of benzene rings is 4. The number of aliphatic carboxylic acids is 1. The first kappa shape index (κ1) is 40.3. The van der Waals surface area contributed by atoms with E-state index in [9.17, 15) is 26.7 Å². The predicted octanol–water partition coefficient (Wildman–Crippen LogP) is 7.57. The van der Waals surface area contributed by atoms with Crippen molar-refractivity contribution in [1.29, 1.82) is 0 Å². The van der Waals surface area contributed by atoms with Gasteiger partial charge in [-0.15, -0.1) is 0 Å². The minimum absolute atomic E-state index is 0.0742. The van der Waals surface area contributed by atoms with Crippen molar-refractivity contribution < 1.29 is 36.2 Å². The molecule has 0 radical (unpaired) electrons. The van der Waals surface area contributed by atoms with E-state index >= 15 is 0 Å². The van der Waals surface area contributed by atoms with Crippen molar-refractivity contribution in [3.63, 3.8) is 0 Å². The molecule has 0 spiro atoms. The van der Waals surface area contributed by atoms with Crippen LogP contribution in [0.1, 0.15) is 73.5 Å². The summed E-state index contributed by atoms with van der Waals surface area (Å²) in [4.78, 5) is 11.9. The second kappa shape index (κ2) is 16.8. The third-order valence-corrected chi connectivity index (χ3v) is 14.3. The van der Waals surface area contributed by atoms with Crippen LogP contribution in [0, 0.1) is 11.8 Å². The molecule has 292 valence electrons. The maximum atomic E-state index is 14.2. The third-order valence-electron chi connectivity index (χ3n) is 10.6. The van der Waals surface area contributed by atoms with Crippen molar-refractivity contribution in [1.82, 2.24) is 8.61 Å². The quantitative estimate of drug-likeness (QED) is 0.130. The number of nitrogens with zero attached hydrogens (tertiary/aromatic N) is 2. The molecule has 6 rings (SSSR count). The fourth-order valence-corrected chi connectivity index (χ4v) is 10.3. The van der Waals surface area contributed by atoms with Gasteiger partial charge in [-0.05, 0) is 84.7 Å². The van der Waals surface area contributed by atoms with Gasteiger partial charge in [-0.25, -0.2) is 21.6 Å². The Hall–Kier alpha value is -4.33. The van der Waals surface area contributed by atoms with Gasteiger partial charge in [-0.2, -0.15) is 8.61 Å². The molecule has 0 saturated carbocycles. The molecule has 4 aromatic carbocycles. The van der Waals surface area contributed by atoms with E-state index in [1.807, 2.05) is 73.7 Å². The fourth-order valence-electron chi connectivity index (χ4n) is 7.71. The minimum Gasteiger partial charge on any atom is -0.482 e. The van der Waals surface area contributed by atoms with Gasteiger partial charge in [0.1, 0.15) is 5.75 Å². The van der Waals surface area contributed by atoms with Crippen LogP contribution in [-0.2, 0) is 49.1 Å². The van der Waals surface area contributed by atoms with E-state index in [-0.39, 0.29) is 52.5 Å². The van der Waals surface area contributed by atoms with Crippen molar-refractivity contribution >= 4 is 26.0 Å². The first-order valence-electron chi connectivity index (χ1n) is 18.6. The van der Waals surface area contributed by atoms with E-state index in [2.05, 4.69) is 20.4 Å². The second-order valence-corrected chi connectivity index (χ2v) is 19.1. The van der Waals surface area contributed by atoms with Crippen molar-refractivity contribution in [2.24, 2.45) is 11.8 Å². The highest BCUT2D eigenvalue weighted by Crippen LogP contribution is 2.50. The predicted molar refractivity (Wildman–Crippen MR) is 212 cm³/mol. The molecule has 4 atom stereocenters. The molecule has 4 aromatic rings. The van der Waals surface area contributed by atoms with Crippen LogP contribution in [0.5, 0.6) is 5.75 Å². The van der Waals surface area contributed by atoms with Crippen LogP contribution in [0.15, 0.2) is 119 Å². The molecule has 0 amide bonds. The van der Waals surface area contributed by atoms with E-state index in [1.165, 1.54) is 20.7 Å². The van der Waals surface area contributed by atoms with E-state index in [0.717, 1.165) is 27.8 Å². The van der Waals surface area contributed by atoms with Gasteiger partial charge in [-0.1, -0.05) is 92.7 Å². The van der Waals surface area contributed by atoms with Crippen LogP contribution >= 0.6 is 0 Å². The largest absolute Gasteiger partial charge is 0.482 e. The molecule has 2 heterocycles. The number of carbonyl (C=O) groups is 1. The zero-order valence-electron chi connectivity index (χ0n) is 31.8. The van der Waals surface area contributed by atoms with E-state index in [1.54, 1.807) is 25.2 Å². The summed E-state index contributed by atoms with van der Waals surface area (Å²) < 4.78 is 71.1. The second-order valence-electron chi connectivity index (χ2n) is 15.1. The Labute approximate surface area is 325 Å². The summed E-state index contributed by atoms with van der Waals surface area (Å²) in [6.07, 6.45) is 0.816. The lowest BCUT2D eigenvalue weighted by molar-refractivity contribution is -0.139. The van der Waals surface area contributed by atoms with Gasteiger partial charge in [0.15, 0.2) is 6.61 Å². The molecule has 1 saturated heterocycles. The molecule has 0 unspecified atom stereocenters. The Morgan fingerprint density at radius 3 is 2.25 bits per heavy atom. The number of hydrogen-bond acceptors (Lipinski definition) is 7. The highest BCUT2D eigenvalue weighted by molar-refractivity contribution is 7.89. The Morgan fingerprint density at radius 2 is 1.60 bits per heavy atom. The molecule has 2 aliphatic heterocycles. The Morgan fingerprint density at radius 1 is 0.945 bits per heavy atom. The summed E-state index contributed by atoms with van der Waals surface area (Å²) in [6.45, 7) is 10.6. The highest BCUT2D eigenvalue weighted by Gasteiger charge is 2.42. The van der Waals surface area contributed by atoms with Crippen molar-refractivity contribution in [2.45, 2.75) is 81.0 Å². The molecule has 0 aromatic heterocycles. The summed E-state index contributed by atoms with van der Waals surface area (Å²) in [6, 6.07) is 28.8. The molecular weight excluding hydrogens is 737 g/mol. The number of fused-ring (bicyclic) bond motifs is 1. The number of rotatable bonds is 14. The molecule has 1 N–H and O–H groups in total. The number of carboxylic acids is 1. The molecule has 10 nitrogen and oxygen atoms in total. The summed E-state index contributed by atoms with van der Waals surface area (Å²) in [7, 11) is -6.14. The molecule has 2 aliphatic rings. The molecular formula is C43H50N2O8S2. The standard InChI is InChI=1S/C43H50N2O8S2/c1-29(2)23-41-38(33-15-17-35(18-16-33)54(48,49)44(5)26-31-11-7-6-8-12-31)25-37(30(3)4)43(53-41)39-24-36(19-20-40(39)52-28-42(46)47)55(50,51)45-22-21-32-13-9-10-14-34(32)27-45/h6-20,24,29,37-38,41,43H,3,21-23,25-28H2,1-2,4-5H3,(H,46,47)/t37-,38-,41+,43+/m0/s1. The number of ether oxygens (including phenoxy) is 2. The molecule has 12 heteroatoms. The SMILES string of the molecule is C=C(C)[C@@H]1C[C@@H](c2ccc(S(=O)(=O)N(C)Cc3ccccc3)cc2)[C@@H](CC(C)C)O[C@H]1c1cc(S(=O)(=O)N2CCc3ccccc3C2)ccc1OCC(=O)O. The van der Waals surface area contributed by atoms with Gasteiger partial charge in [0.25, 0.3) is 0 Å². The summed E-state index contributed by atoms with van der Waals surface area (Å²) >= 11 is 0. The Kier molecular flexibility index (Phi) is 12.3. The van der Waals surface area contributed by atoms with Gasteiger partial charge in [0.2, 0.25) is 20.0 Å². The normalized spacial score (nSPS) is 20.6. The molecule has 0 aliphatic carbocycles. The molecule has 55 heavy (non-hydrogen) atoms. The van der Waals surface area contributed by atoms with Crippen molar-refractivity contribution in [2.75, 3.05) is 20.2 Å². The maximum absolute atomic E-state index is 14.2. The molecule has 0 bridgehead atoms. The van der Waals surface area contributed by atoms with Crippen LogP contribution in [-0.4, -0.2) is 62.8 Å². The van der Waals surface area contributed by atoms with Gasteiger partial charge in [0, 0.05) is 44.1 Å². The molecule has 1 fully saturated rings.